The van der Waals surface area contributed by atoms with Gasteiger partial charge >= 0.3 is 0 Å². The third-order valence-electron chi connectivity index (χ3n) is 2.11. The van der Waals surface area contributed by atoms with E-state index in [2.05, 4.69) is 49.0 Å². The summed E-state index contributed by atoms with van der Waals surface area (Å²) < 4.78 is 0. The second-order valence-corrected chi connectivity index (χ2v) is 4.53. The standard InChI is InChI=1S/C12H19NS/c1-4-11(8-13-10(2)3)7-12-5-6-14-9-12/h5-7,9-10,13H,4,8H2,1-3H3. The molecule has 2 heteroatoms. The van der Waals surface area contributed by atoms with Crippen molar-refractivity contribution in [3.63, 3.8) is 0 Å². The lowest BCUT2D eigenvalue weighted by Crippen LogP contribution is -2.24. The molecule has 0 fully saturated rings. The minimum Gasteiger partial charge on any atom is -0.311 e. The first-order chi connectivity index (χ1) is 6.72. The largest absolute Gasteiger partial charge is 0.311 e. The van der Waals surface area contributed by atoms with Gasteiger partial charge in [-0.15, -0.1) is 0 Å². The summed E-state index contributed by atoms with van der Waals surface area (Å²) in [5.74, 6) is 0. The molecule has 1 nitrogen and oxygen atoms in total. The van der Waals surface area contributed by atoms with Crippen LogP contribution in [0.3, 0.4) is 0 Å². The van der Waals surface area contributed by atoms with Crippen molar-refractivity contribution >= 4 is 17.4 Å². The molecule has 1 aromatic heterocycles. The molecule has 0 unspecified atom stereocenters. The van der Waals surface area contributed by atoms with Gasteiger partial charge in [-0.1, -0.05) is 32.4 Å². The predicted molar refractivity (Wildman–Crippen MR) is 65.7 cm³/mol. The summed E-state index contributed by atoms with van der Waals surface area (Å²) in [7, 11) is 0. The molecule has 0 saturated carbocycles. The molecule has 1 rings (SSSR count). The minimum absolute atomic E-state index is 0.562. The normalized spacial score (nSPS) is 12.4. The Balaban J connectivity index is 2.53. The highest BCUT2D eigenvalue weighted by Crippen LogP contribution is 2.12. The molecule has 1 N–H and O–H groups in total. The van der Waals surface area contributed by atoms with Crippen LogP contribution in [0, 0.1) is 0 Å². The first-order valence-corrected chi connectivity index (χ1v) is 6.11. The van der Waals surface area contributed by atoms with Crippen molar-refractivity contribution in [3.05, 3.63) is 28.0 Å². The second kappa shape index (κ2) is 5.99. The number of thiophene rings is 1. The van der Waals surface area contributed by atoms with Crippen LogP contribution in [0.5, 0.6) is 0 Å². The van der Waals surface area contributed by atoms with Crippen molar-refractivity contribution in [2.45, 2.75) is 33.2 Å². The molecule has 1 heterocycles. The Morgan fingerprint density at radius 1 is 1.57 bits per heavy atom. The SMILES string of the molecule is CCC(=Cc1ccsc1)CNC(C)C. The number of hydrogen-bond donors (Lipinski definition) is 1. The Hall–Kier alpha value is -0.600. The van der Waals surface area contributed by atoms with Gasteiger partial charge < -0.3 is 5.32 Å². The molecule has 0 spiro atoms. The van der Waals surface area contributed by atoms with Crippen LogP contribution in [0.1, 0.15) is 32.8 Å². The molecule has 0 aliphatic carbocycles. The maximum Gasteiger partial charge on any atom is 0.0170 e. The Morgan fingerprint density at radius 2 is 2.36 bits per heavy atom. The summed E-state index contributed by atoms with van der Waals surface area (Å²) in [5.41, 5.74) is 2.80. The fourth-order valence-corrected chi connectivity index (χ4v) is 1.82. The van der Waals surface area contributed by atoms with Crippen LogP contribution in [0.4, 0.5) is 0 Å². The van der Waals surface area contributed by atoms with E-state index in [1.807, 2.05) is 0 Å². The molecule has 0 aliphatic heterocycles. The van der Waals surface area contributed by atoms with Gasteiger partial charge in [-0.05, 0) is 28.8 Å². The highest BCUT2D eigenvalue weighted by molar-refractivity contribution is 7.08. The van der Waals surface area contributed by atoms with Crippen molar-refractivity contribution in [1.29, 1.82) is 0 Å². The Kier molecular flexibility index (Phi) is 4.91. The van der Waals surface area contributed by atoms with E-state index in [0.717, 1.165) is 13.0 Å². The van der Waals surface area contributed by atoms with E-state index in [1.165, 1.54) is 11.1 Å². The van der Waals surface area contributed by atoms with Gasteiger partial charge in [0.2, 0.25) is 0 Å². The van der Waals surface area contributed by atoms with E-state index in [0.29, 0.717) is 6.04 Å². The number of rotatable bonds is 5. The zero-order valence-electron chi connectivity index (χ0n) is 9.21. The lowest BCUT2D eigenvalue weighted by atomic mass is 10.1. The predicted octanol–water partition coefficient (Wildman–Crippen LogP) is 3.54. The van der Waals surface area contributed by atoms with Crippen LogP contribution in [0.25, 0.3) is 6.08 Å². The maximum atomic E-state index is 3.44. The number of nitrogens with one attached hydrogen (secondary N) is 1. The quantitative estimate of drug-likeness (QED) is 0.782. The molecule has 0 aliphatic rings. The molecule has 0 atom stereocenters. The molecule has 14 heavy (non-hydrogen) atoms. The molecular weight excluding hydrogens is 190 g/mol. The van der Waals surface area contributed by atoms with Crippen LogP contribution in [0.2, 0.25) is 0 Å². The first-order valence-electron chi connectivity index (χ1n) is 5.17. The average molecular weight is 209 g/mol. The summed E-state index contributed by atoms with van der Waals surface area (Å²) in [5, 5.41) is 7.75. The van der Waals surface area contributed by atoms with E-state index < -0.39 is 0 Å². The summed E-state index contributed by atoms with van der Waals surface area (Å²) in [6.45, 7) is 7.57. The van der Waals surface area contributed by atoms with Crippen LogP contribution >= 0.6 is 11.3 Å². The van der Waals surface area contributed by atoms with Crippen LogP contribution in [-0.4, -0.2) is 12.6 Å². The van der Waals surface area contributed by atoms with Crippen molar-refractivity contribution in [2.75, 3.05) is 6.54 Å². The topological polar surface area (TPSA) is 12.0 Å². The Labute approximate surface area is 90.9 Å². The zero-order chi connectivity index (χ0) is 10.4. The smallest absolute Gasteiger partial charge is 0.0170 e. The van der Waals surface area contributed by atoms with E-state index in [9.17, 15) is 0 Å². The highest BCUT2D eigenvalue weighted by atomic mass is 32.1. The molecule has 78 valence electrons. The summed E-state index contributed by atoms with van der Waals surface area (Å²) in [6.07, 6.45) is 3.40. The van der Waals surface area contributed by atoms with Gasteiger partial charge in [0, 0.05) is 12.6 Å². The second-order valence-electron chi connectivity index (χ2n) is 3.75. The summed E-state index contributed by atoms with van der Waals surface area (Å²) in [4.78, 5) is 0. The Morgan fingerprint density at radius 3 is 2.86 bits per heavy atom. The molecule has 1 aromatic rings. The maximum absolute atomic E-state index is 3.44. The van der Waals surface area contributed by atoms with Gasteiger partial charge in [-0.2, -0.15) is 11.3 Å². The van der Waals surface area contributed by atoms with Crippen molar-refractivity contribution < 1.29 is 0 Å². The molecular formula is C12H19NS. The van der Waals surface area contributed by atoms with Crippen LogP contribution in [0.15, 0.2) is 22.4 Å². The van der Waals surface area contributed by atoms with Gasteiger partial charge in [0.15, 0.2) is 0 Å². The van der Waals surface area contributed by atoms with Gasteiger partial charge in [-0.3, -0.25) is 0 Å². The number of hydrogen-bond acceptors (Lipinski definition) is 2. The average Bonchev–Trinajstić information content (AvgIpc) is 2.64. The van der Waals surface area contributed by atoms with E-state index in [4.69, 9.17) is 0 Å². The minimum atomic E-state index is 0.562. The van der Waals surface area contributed by atoms with Crippen LogP contribution in [-0.2, 0) is 0 Å². The van der Waals surface area contributed by atoms with Crippen molar-refractivity contribution in [3.8, 4) is 0 Å². The van der Waals surface area contributed by atoms with E-state index in [-0.39, 0.29) is 0 Å². The zero-order valence-corrected chi connectivity index (χ0v) is 10.0. The summed E-state index contributed by atoms with van der Waals surface area (Å²) in [6, 6.07) is 2.72. The molecule has 0 amide bonds. The third kappa shape index (κ3) is 4.07. The summed E-state index contributed by atoms with van der Waals surface area (Å²) >= 11 is 1.75. The van der Waals surface area contributed by atoms with Crippen molar-refractivity contribution in [2.24, 2.45) is 0 Å². The van der Waals surface area contributed by atoms with Gasteiger partial charge in [0.1, 0.15) is 0 Å². The molecule has 0 bridgehead atoms. The Bertz CT molecular complexity index is 273. The van der Waals surface area contributed by atoms with E-state index >= 15 is 0 Å². The monoisotopic (exact) mass is 209 g/mol. The fraction of sp³-hybridized carbons (Fsp3) is 0.500. The molecule has 0 aromatic carbocycles. The molecule has 0 saturated heterocycles. The fourth-order valence-electron chi connectivity index (χ4n) is 1.21. The van der Waals surface area contributed by atoms with E-state index in [1.54, 1.807) is 11.3 Å². The lowest BCUT2D eigenvalue weighted by Gasteiger charge is -2.09. The first kappa shape index (κ1) is 11.5. The van der Waals surface area contributed by atoms with Crippen molar-refractivity contribution in [1.82, 2.24) is 5.32 Å². The van der Waals surface area contributed by atoms with Crippen LogP contribution < -0.4 is 5.32 Å². The van der Waals surface area contributed by atoms with Gasteiger partial charge in [0.05, 0.1) is 0 Å². The molecule has 0 radical (unpaired) electrons. The van der Waals surface area contributed by atoms with Gasteiger partial charge in [0.25, 0.3) is 0 Å². The third-order valence-corrected chi connectivity index (χ3v) is 2.81. The lowest BCUT2D eigenvalue weighted by molar-refractivity contribution is 0.617. The highest BCUT2D eigenvalue weighted by Gasteiger charge is 1.97. The van der Waals surface area contributed by atoms with Gasteiger partial charge in [-0.25, -0.2) is 0 Å².